The van der Waals surface area contributed by atoms with Crippen LogP contribution in [0.3, 0.4) is 0 Å². The van der Waals surface area contributed by atoms with Gasteiger partial charge in [0, 0.05) is 5.02 Å². The molecular formula is C19H21ClN4O2S. The lowest BCUT2D eigenvalue weighted by atomic mass is 9.99. The number of hydrogen-bond donors (Lipinski definition) is 1. The second-order valence-corrected chi connectivity index (χ2v) is 8.50. The molecule has 27 heavy (non-hydrogen) atoms. The topological polar surface area (TPSA) is 76.9 Å². The van der Waals surface area contributed by atoms with Gasteiger partial charge < -0.3 is 0 Å². The first-order chi connectivity index (χ1) is 12.9. The Morgan fingerprint density at radius 2 is 1.93 bits per heavy atom. The van der Waals surface area contributed by atoms with Crippen molar-refractivity contribution >= 4 is 27.6 Å². The van der Waals surface area contributed by atoms with Gasteiger partial charge in [0.1, 0.15) is 6.33 Å². The number of benzene rings is 2. The summed E-state index contributed by atoms with van der Waals surface area (Å²) >= 11 is 5.97. The third-order valence-electron chi connectivity index (χ3n) is 4.37. The Labute approximate surface area is 164 Å². The first kappa shape index (κ1) is 19.4. The average Bonchev–Trinajstić information content (AvgIpc) is 3.07. The van der Waals surface area contributed by atoms with Crippen LogP contribution < -0.4 is 4.72 Å². The van der Waals surface area contributed by atoms with E-state index in [0.29, 0.717) is 17.5 Å². The molecule has 1 unspecified atom stereocenters. The van der Waals surface area contributed by atoms with Crippen LogP contribution in [0.4, 0.5) is 5.95 Å². The molecule has 3 aromatic rings. The highest BCUT2D eigenvalue weighted by Crippen LogP contribution is 2.21. The first-order valence-electron chi connectivity index (χ1n) is 8.64. The number of halogens is 1. The highest BCUT2D eigenvalue weighted by Gasteiger charge is 2.17. The molecule has 2 aromatic carbocycles. The van der Waals surface area contributed by atoms with E-state index in [2.05, 4.69) is 28.7 Å². The maximum absolute atomic E-state index is 12.5. The molecule has 1 aromatic heterocycles. The van der Waals surface area contributed by atoms with Crippen molar-refractivity contribution in [2.75, 3.05) is 4.72 Å². The summed E-state index contributed by atoms with van der Waals surface area (Å²) in [4.78, 5) is 4.21. The molecule has 1 N–H and O–H groups in total. The Hall–Kier alpha value is -2.38. The molecular weight excluding hydrogens is 384 g/mol. The van der Waals surface area contributed by atoms with Crippen LogP contribution in [0, 0.1) is 0 Å². The Morgan fingerprint density at radius 1 is 1.19 bits per heavy atom. The SMILES string of the molecule is CCC(C)c1ccc(S(=O)(=O)Nc2ncn(Cc3cccc(Cl)c3)n2)cc1. The van der Waals surface area contributed by atoms with Crippen LogP contribution in [-0.4, -0.2) is 23.2 Å². The standard InChI is InChI=1S/C19H21ClN4O2S/c1-3-14(2)16-7-9-18(10-8-16)27(25,26)23-19-21-13-24(22-19)12-15-5-4-6-17(20)11-15/h4-11,13-14H,3,12H2,1-2H3,(H,22,23). The molecule has 0 spiro atoms. The quantitative estimate of drug-likeness (QED) is 0.637. The number of sulfonamides is 1. The molecule has 1 atom stereocenters. The molecule has 1 heterocycles. The van der Waals surface area contributed by atoms with Crippen molar-refractivity contribution < 1.29 is 8.42 Å². The molecule has 0 radical (unpaired) electrons. The lowest BCUT2D eigenvalue weighted by Crippen LogP contribution is -2.14. The first-order valence-corrected chi connectivity index (χ1v) is 10.5. The van der Waals surface area contributed by atoms with Crippen molar-refractivity contribution in [3.05, 3.63) is 71.0 Å². The summed E-state index contributed by atoms with van der Waals surface area (Å²) in [7, 11) is -3.74. The summed E-state index contributed by atoms with van der Waals surface area (Å²) in [6, 6.07) is 14.3. The number of nitrogens with one attached hydrogen (secondary N) is 1. The fraction of sp³-hybridized carbons (Fsp3) is 0.263. The molecule has 0 aliphatic carbocycles. The minimum Gasteiger partial charge on any atom is -0.246 e. The molecule has 0 bridgehead atoms. The Bertz CT molecular complexity index is 1020. The zero-order chi connectivity index (χ0) is 19.4. The maximum Gasteiger partial charge on any atom is 0.264 e. The van der Waals surface area contributed by atoms with E-state index >= 15 is 0 Å². The number of anilines is 1. The zero-order valence-electron chi connectivity index (χ0n) is 15.1. The summed E-state index contributed by atoms with van der Waals surface area (Å²) in [5.74, 6) is 0.418. The van der Waals surface area contributed by atoms with E-state index in [0.717, 1.165) is 17.5 Å². The second kappa shape index (κ2) is 8.10. The van der Waals surface area contributed by atoms with Crippen molar-refractivity contribution in [1.82, 2.24) is 14.8 Å². The van der Waals surface area contributed by atoms with Crippen LogP contribution in [-0.2, 0) is 16.6 Å². The Morgan fingerprint density at radius 3 is 2.59 bits per heavy atom. The molecule has 8 heteroatoms. The maximum atomic E-state index is 12.5. The van der Waals surface area contributed by atoms with Gasteiger partial charge in [0.25, 0.3) is 16.0 Å². The van der Waals surface area contributed by atoms with Gasteiger partial charge >= 0.3 is 0 Å². The number of rotatable bonds is 7. The van der Waals surface area contributed by atoms with Gasteiger partial charge in [-0.25, -0.2) is 17.8 Å². The predicted molar refractivity (Wildman–Crippen MR) is 107 cm³/mol. The van der Waals surface area contributed by atoms with Gasteiger partial charge in [-0.3, -0.25) is 0 Å². The van der Waals surface area contributed by atoms with E-state index in [1.165, 1.54) is 6.33 Å². The van der Waals surface area contributed by atoms with Gasteiger partial charge in [0.2, 0.25) is 0 Å². The molecule has 0 aliphatic rings. The van der Waals surface area contributed by atoms with Gasteiger partial charge in [-0.05, 0) is 47.7 Å². The van der Waals surface area contributed by atoms with Crippen molar-refractivity contribution in [3.8, 4) is 0 Å². The monoisotopic (exact) mass is 404 g/mol. The largest absolute Gasteiger partial charge is 0.264 e. The number of aromatic nitrogens is 3. The zero-order valence-corrected chi connectivity index (χ0v) is 16.7. The van der Waals surface area contributed by atoms with Crippen molar-refractivity contribution in [1.29, 1.82) is 0 Å². The van der Waals surface area contributed by atoms with E-state index in [9.17, 15) is 8.42 Å². The van der Waals surface area contributed by atoms with Crippen molar-refractivity contribution in [2.45, 2.75) is 37.6 Å². The van der Waals surface area contributed by atoms with E-state index in [-0.39, 0.29) is 10.8 Å². The summed E-state index contributed by atoms with van der Waals surface area (Å²) in [5.41, 5.74) is 2.06. The minimum atomic E-state index is -3.74. The van der Waals surface area contributed by atoms with Crippen LogP contribution in [0.5, 0.6) is 0 Å². The Kier molecular flexibility index (Phi) is 5.82. The average molecular weight is 405 g/mol. The predicted octanol–water partition coefficient (Wildman–Crippen LogP) is 4.29. The van der Waals surface area contributed by atoms with Crippen LogP contribution in [0.25, 0.3) is 0 Å². The lowest BCUT2D eigenvalue weighted by molar-refractivity contribution is 0.600. The molecule has 0 amide bonds. The molecule has 0 saturated carbocycles. The van der Waals surface area contributed by atoms with Crippen LogP contribution in [0.1, 0.15) is 37.3 Å². The van der Waals surface area contributed by atoms with Crippen LogP contribution in [0.15, 0.2) is 59.8 Å². The summed E-state index contributed by atoms with van der Waals surface area (Å²) in [5, 5.41) is 4.81. The third kappa shape index (κ3) is 4.87. The Balaban J connectivity index is 1.72. The van der Waals surface area contributed by atoms with E-state index in [1.807, 2.05) is 30.3 Å². The van der Waals surface area contributed by atoms with Gasteiger partial charge in [-0.1, -0.05) is 49.7 Å². The minimum absolute atomic E-state index is 0.0306. The van der Waals surface area contributed by atoms with E-state index in [1.54, 1.807) is 22.9 Å². The summed E-state index contributed by atoms with van der Waals surface area (Å²) < 4.78 is 29.1. The van der Waals surface area contributed by atoms with E-state index in [4.69, 9.17) is 11.6 Å². The molecule has 0 aliphatic heterocycles. The normalized spacial score (nSPS) is 12.7. The van der Waals surface area contributed by atoms with E-state index < -0.39 is 10.0 Å². The van der Waals surface area contributed by atoms with Crippen LogP contribution in [0.2, 0.25) is 5.02 Å². The highest BCUT2D eigenvalue weighted by molar-refractivity contribution is 7.92. The summed E-state index contributed by atoms with van der Waals surface area (Å²) in [6.45, 7) is 4.65. The second-order valence-electron chi connectivity index (χ2n) is 6.38. The smallest absolute Gasteiger partial charge is 0.246 e. The van der Waals surface area contributed by atoms with Gasteiger partial charge in [-0.2, -0.15) is 4.98 Å². The fourth-order valence-electron chi connectivity index (χ4n) is 2.63. The van der Waals surface area contributed by atoms with Crippen molar-refractivity contribution in [3.63, 3.8) is 0 Å². The van der Waals surface area contributed by atoms with Crippen LogP contribution >= 0.6 is 11.6 Å². The number of nitrogens with zero attached hydrogens (tertiary/aromatic N) is 3. The molecule has 142 valence electrons. The molecule has 3 rings (SSSR count). The molecule has 6 nitrogen and oxygen atoms in total. The van der Waals surface area contributed by atoms with Gasteiger partial charge in [-0.15, -0.1) is 5.10 Å². The van der Waals surface area contributed by atoms with Gasteiger partial charge in [0.05, 0.1) is 11.4 Å². The van der Waals surface area contributed by atoms with Crippen molar-refractivity contribution in [2.24, 2.45) is 0 Å². The lowest BCUT2D eigenvalue weighted by Gasteiger charge is -2.10. The highest BCUT2D eigenvalue weighted by atomic mass is 35.5. The molecule has 0 saturated heterocycles. The van der Waals surface area contributed by atoms with Gasteiger partial charge in [0.15, 0.2) is 0 Å². The summed E-state index contributed by atoms with van der Waals surface area (Å²) in [6.07, 6.45) is 2.48. The number of hydrogen-bond acceptors (Lipinski definition) is 4. The molecule has 0 fully saturated rings. The third-order valence-corrected chi connectivity index (χ3v) is 5.95. The fourth-order valence-corrected chi connectivity index (χ4v) is 3.79.